The summed E-state index contributed by atoms with van der Waals surface area (Å²) in [5, 5.41) is 6.07. The van der Waals surface area contributed by atoms with Gasteiger partial charge in [0.25, 0.3) is 0 Å². The van der Waals surface area contributed by atoms with Crippen molar-refractivity contribution in [2.75, 3.05) is 11.9 Å². The number of halogens is 1. The molecule has 1 N–H and O–H groups in total. The highest BCUT2D eigenvalue weighted by molar-refractivity contribution is 7.10. The van der Waals surface area contributed by atoms with Crippen LogP contribution in [0.5, 0.6) is 0 Å². The summed E-state index contributed by atoms with van der Waals surface area (Å²) in [6, 6.07) is 4.26. The van der Waals surface area contributed by atoms with Crippen LogP contribution in [0.2, 0.25) is 5.15 Å². The van der Waals surface area contributed by atoms with E-state index in [1.165, 1.54) is 4.88 Å². The van der Waals surface area contributed by atoms with E-state index < -0.39 is 0 Å². The van der Waals surface area contributed by atoms with E-state index in [4.69, 9.17) is 11.6 Å². The molecule has 0 aliphatic rings. The van der Waals surface area contributed by atoms with E-state index in [-0.39, 0.29) is 5.41 Å². The molecular formula is C15H20ClN3S. The molecule has 2 heterocycles. The van der Waals surface area contributed by atoms with Crippen molar-refractivity contribution >= 4 is 28.8 Å². The maximum Gasteiger partial charge on any atom is 0.137 e. The van der Waals surface area contributed by atoms with Crippen LogP contribution in [0.25, 0.3) is 0 Å². The molecular weight excluding hydrogens is 290 g/mol. The van der Waals surface area contributed by atoms with Crippen molar-refractivity contribution in [1.29, 1.82) is 0 Å². The minimum Gasteiger partial charge on any atom is -0.369 e. The summed E-state index contributed by atoms with van der Waals surface area (Å²) >= 11 is 7.94. The first-order valence-electron chi connectivity index (χ1n) is 6.75. The molecule has 0 spiro atoms. The lowest BCUT2D eigenvalue weighted by molar-refractivity contribution is 0.567. The molecule has 3 nitrogen and oxygen atoms in total. The summed E-state index contributed by atoms with van der Waals surface area (Å²) in [5.74, 6) is 1.61. The SMILES string of the molecule is CCc1nc(Cl)c(C)c(NCC(C)(C)c2cccs2)n1. The Labute approximate surface area is 129 Å². The van der Waals surface area contributed by atoms with Crippen molar-refractivity contribution in [3.63, 3.8) is 0 Å². The molecule has 2 rings (SSSR count). The second-order valence-electron chi connectivity index (χ2n) is 5.47. The molecule has 0 aliphatic carbocycles. The molecule has 0 saturated carbocycles. The number of aromatic nitrogens is 2. The van der Waals surface area contributed by atoms with Gasteiger partial charge in [-0.3, -0.25) is 0 Å². The highest BCUT2D eigenvalue weighted by Gasteiger charge is 2.22. The van der Waals surface area contributed by atoms with Crippen LogP contribution in [0.4, 0.5) is 5.82 Å². The van der Waals surface area contributed by atoms with E-state index in [0.29, 0.717) is 5.15 Å². The van der Waals surface area contributed by atoms with Gasteiger partial charge in [0.1, 0.15) is 16.8 Å². The molecule has 0 radical (unpaired) electrons. The molecule has 2 aromatic heterocycles. The lowest BCUT2D eigenvalue weighted by atomic mass is 9.91. The highest BCUT2D eigenvalue weighted by Crippen LogP contribution is 2.28. The van der Waals surface area contributed by atoms with Crippen LogP contribution in [0.1, 0.15) is 37.0 Å². The fourth-order valence-electron chi connectivity index (χ4n) is 1.92. The third kappa shape index (κ3) is 3.30. The highest BCUT2D eigenvalue weighted by atomic mass is 35.5. The largest absolute Gasteiger partial charge is 0.369 e. The predicted molar refractivity (Wildman–Crippen MR) is 87.0 cm³/mol. The van der Waals surface area contributed by atoms with Gasteiger partial charge in [-0.2, -0.15) is 0 Å². The molecule has 0 aromatic carbocycles. The maximum absolute atomic E-state index is 6.16. The first kappa shape index (κ1) is 15.3. The van der Waals surface area contributed by atoms with Crippen LogP contribution in [-0.4, -0.2) is 16.5 Å². The zero-order valence-electron chi connectivity index (χ0n) is 12.3. The van der Waals surface area contributed by atoms with E-state index in [0.717, 1.165) is 30.2 Å². The van der Waals surface area contributed by atoms with Gasteiger partial charge in [0.15, 0.2) is 0 Å². The van der Waals surface area contributed by atoms with Gasteiger partial charge >= 0.3 is 0 Å². The van der Waals surface area contributed by atoms with E-state index in [9.17, 15) is 0 Å². The molecule has 0 atom stereocenters. The summed E-state index contributed by atoms with van der Waals surface area (Å²) in [5.41, 5.74) is 0.968. The van der Waals surface area contributed by atoms with E-state index in [2.05, 4.69) is 46.6 Å². The van der Waals surface area contributed by atoms with Crippen LogP contribution in [0.3, 0.4) is 0 Å². The summed E-state index contributed by atoms with van der Waals surface area (Å²) in [6.07, 6.45) is 0.781. The van der Waals surface area contributed by atoms with Crippen molar-refractivity contribution in [3.8, 4) is 0 Å². The van der Waals surface area contributed by atoms with Gasteiger partial charge in [0.2, 0.25) is 0 Å². The van der Waals surface area contributed by atoms with Crippen LogP contribution < -0.4 is 5.32 Å². The molecule has 0 amide bonds. The Kier molecular flexibility index (Phi) is 4.66. The van der Waals surface area contributed by atoms with Gasteiger partial charge < -0.3 is 5.32 Å². The summed E-state index contributed by atoms with van der Waals surface area (Å²) in [6.45, 7) is 9.24. The third-order valence-electron chi connectivity index (χ3n) is 3.33. The molecule has 5 heteroatoms. The van der Waals surface area contributed by atoms with Crippen molar-refractivity contribution in [2.45, 2.75) is 39.5 Å². The molecule has 108 valence electrons. The number of thiophene rings is 1. The lowest BCUT2D eigenvalue weighted by Crippen LogP contribution is -2.27. The molecule has 20 heavy (non-hydrogen) atoms. The predicted octanol–water partition coefficient (Wildman–Crippen LogP) is 4.45. The van der Waals surface area contributed by atoms with Gasteiger partial charge in [0, 0.05) is 28.8 Å². The zero-order valence-corrected chi connectivity index (χ0v) is 13.9. The Morgan fingerprint density at radius 2 is 2.10 bits per heavy atom. The molecule has 0 saturated heterocycles. The Hall–Kier alpha value is -1.13. The number of anilines is 1. The fourth-order valence-corrected chi connectivity index (χ4v) is 2.96. The average Bonchev–Trinajstić information content (AvgIpc) is 2.95. The standard InChI is InChI=1S/C15H20ClN3S/c1-5-12-18-13(16)10(2)14(19-12)17-9-15(3,4)11-7-6-8-20-11/h6-8H,5,9H2,1-4H3,(H,17,18,19). The Balaban J connectivity index is 2.17. The van der Waals surface area contributed by atoms with Crippen LogP contribution in [0.15, 0.2) is 17.5 Å². The molecule has 2 aromatic rings. The van der Waals surface area contributed by atoms with E-state index in [1.54, 1.807) is 11.3 Å². The Morgan fingerprint density at radius 3 is 2.70 bits per heavy atom. The average molecular weight is 310 g/mol. The number of aryl methyl sites for hydroxylation is 1. The quantitative estimate of drug-likeness (QED) is 0.829. The monoisotopic (exact) mass is 309 g/mol. The summed E-state index contributed by atoms with van der Waals surface area (Å²) < 4.78 is 0. The number of nitrogens with one attached hydrogen (secondary N) is 1. The molecule has 0 fully saturated rings. The van der Waals surface area contributed by atoms with Gasteiger partial charge in [0.05, 0.1) is 0 Å². The van der Waals surface area contributed by atoms with Crippen LogP contribution in [0, 0.1) is 6.92 Å². The van der Waals surface area contributed by atoms with Gasteiger partial charge in [-0.05, 0) is 18.4 Å². The minimum absolute atomic E-state index is 0.0599. The number of rotatable bonds is 5. The van der Waals surface area contributed by atoms with Gasteiger partial charge in [-0.1, -0.05) is 38.4 Å². The number of hydrogen-bond donors (Lipinski definition) is 1. The zero-order chi connectivity index (χ0) is 14.8. The van der Waals surface area contributed by atoms with Crippen molar-refractivity contribution < 1.29 is 0 Å². The fraction of sp³-hybridized carbons (Fsp3) is 0.467. The van der Waals surface area contributed by atoms with Gasteiger partial charge in [-0.25, -0.2) is 9.97 Å². The van der Waals surface area contributed by atoms with E-state index >= 15 is 0 Å². The molecule has 0 aliphatic heterocycles. The summed E-state index contributed by atoms with van der Waals surface area (Å²) in [4.78, 5) is 10.2. The van der Waals surface area contributed by atoms with Crippen LogP contribution in [-0.2, 0) is 11.8 Å². The number of nitrogens with zero attached hydrogens (tertiary/aromatic N) is 2. The van der Waals surface area contributed by atoms with Crippen LogP contribution >= 0.6 is 22.9 Å². The van der Waals surface area contributed by atoms with Crippen molar-refractivity contribution in [1.82, 2.24) is 9.97 Å². The van der Waals surface area contributed by atoms with E-state index in [1.807, 2.05) is 13.8 Å². The summed E-state index contributed by atoms with van der Waals surface area (Å²) in [7, 11) is 0. The number of hydrogen-bond acceptors (Lipinski definition) is 4. The second kappa shape index (κ2) is 6.10. The maximum atomic E-state index is 6.16. The lowest BCUT2D eigenvalue weighted by Gasteiger charge is -2.24. The smallest absolute Gasteiger partial charge is 0.137 e. The first-order valence-corrected chi connectivity index (χ1v) is 8.00. The molecule has 0 unspecified atom stereocenters. The minimum atomic E-state index is 0.0599. The normalized spacial score (nSPS) is 11.7. The first-order chi connectivity index (χ1) is 9.44. The Bertz CT molecular complexity index is 579. The van der Waals surface area contributed by atoms with Crippen molar-refractivity contribution in [2.24, 2.45) is 0 Å². The molecule has 0 bridgehead atoms. The van der Waals surface area contributed by atoms with Crippen molar-refractivity contribution in [3.05, 3.63) is 38.9 Å². The third-order valence-corrected chi connectivity index (χ3v) is 4.94. The van der Waals surface area contributed by atoms with Gasteiger partial charge in [-0.15, -0.1) is 11.3 Å². The topological polar surface area (TPSA) is 37.8 Å². The Morgan fingerprint density at radius 1 is 1.35 bits per heavy atom. The second-order valence-corrected chi connectivity index (χ2v) is 6.78.